The fourth-order valence-corrected chi connectivity index (χ4v) is 1.96. The normalized spacial score (nSPS) is 13.7. The van der Waals surface area contributed by atoms with Crippen LogP contribution >= 0.6 is 0 Å². The van der Waals surface area contributed by atoms with Gasteiger partial charge in [0.25, 0.3) is 5.91 Å². The molecule has 1 aromatic carbocycles. The van der Waals surface area contributed by atoms with Gasteiger partial charge in [-0.3, -0.25) is 4.79 Å². The number of amides is 1. The molecule has 5 nitrogen and oxygen atoms in total. The summed E-state index contributed by atoms with van der Waals surface area (Å²) in [5, 5.41) is 12.5. The number of carbonyl (C=O) groups excluding carboxylic acids is 1. The van der Waals surface area contributed by atoms with E-state index in [0.29, 0.717) is 17.7 Å². The second-order valence-electron chi connectivity index (χ2n) is 5.51. The summed E-state index contributed by atoms with van der Waals surface area (Å²) in [5.41, 5.74) is 7.65. The molecule has 1 unspecified atom stereocenters. The van der Waals surface area contributed by atoms with Gasteiger partial charge in [-0.15, -0.1) is 0 Å². The van der Waals surface area contributed by atoms with Crippen LogP contribution in [-0.4, -0.2) is 42.2 Å². The van der Waals surface area contributed by atoms with Gasteiger partial charge < -0.3 is 21.1 Å². The van der Waals surface area contributed by atoms with Crippen LogP contribution in [0.4, 0.5) is 11.4 Å². The summed E-state index contributed by atoms with van der Waals surface area (Å²) >= 11 is 0. The van der Waals surface area contributed by atoms with E-state index >= 15 is 0 Å². The molecule has 0 aliphatic rings. The maximum atomic E-state index is 12.0. The number of benzene rings is 1. The Morgan fingerprint density at radius 1 is 1.45 bits per heavy atom. The monoisotopic (exact) mass is 279 g/mol. The third kappa shape index (κ3) is 3.87. The van der Waals surface area contributed by atoms with Crippen LogP contribution in [-0.2, 0) is 0 Å². The van der Waals surface area contributed by atoms with Crippen molar-refractivity contribution in [2.75, 3.05) is 31.8 Å². The van der Waals surface area contributed by atoms with Gasteiger partial charge in [0, 0.05) is 31.8 Å². The first-order chi connectivity index (χ1) is 9.33. The van der Waals surface area contributed by atoms with Crippen LogP contribution in [0.15, 0.2) is 18.2 Å². The Balaban J connectivity index is 3.05. The predicted octanol–water partition coefficient (Wildman–Crippen LogP) is 1.93. The quantitative estimate of drug-likeness (QED) is 0.695. The molecule has 0 aliphatic heterocycles. The van der Waals surface area contributed by atoms with Crippen molar-refractivity contribution in [2.45, 2.75) is 32.2 Å². The Morgan fingerprint density at radius 3 is 2.60 bits per heavy atom. The molecule has 5 heteroatoms. The van der Waals surface area contributed by atoms with E-state index in [1.807, 2.05) is 13.8 Å². The topological polar surface area (TPSA) is 78.6 Å². The van der Waals surface area contributed by atoms with Crippen LogP contribution in [0.2, 0.25) is 0 Å². The Morgan fingerprint density at radius 2 is 2.10 bits per heavy atom. The lowest BCUT2D eigenvalue weighted by molar-refractivity contribution is 0.0827. The van der Waals surface area contributed by atoms with Crippen molar-refractivity contribution in [1.29, 1.82) is 0 Å². The molecule has 0 heterocycles. The fraction of sp³-hybridized carbons (Fsp3) is 0.533. The summed E-state index contributed by atoms with van der Waals surface area (Å²) in [6, 6.07) is 5.22. The second-order valence-corrected chi connectivity index (χ2v) is 5.51. The average molecular weight is 279 g/mol. The summed E-state index contributed by atoms with van der Waals surface area (Å²) in [7, 11) is 3.43. The van der Waals surface area contributed by atoms with Crippen LogP contribution in [0.25, 0.3) is 0 Å². The Hall–Kier alpha value is -1.75. The molecule has 112 valence electrons. The van der Waals surface area contributed by atoms with Crippen molar-refractivity contribution in [3.8, 4) is 0 Å². The first-order valence-electron chi connectivity index (χ1n) is 6.83. The van der Waals surface area contributed by atoms with E-state index in [2.05, 4.69) is 5.32 Å². The van der Waals surface area contributed by atoms with E-state index in [1.165, 1.54) is 4.90 Å². The van der Waals surface area contributed by atoms with Crippen LogP contribution in [0.3, 0.4) is 0 Å². The first-order valence-corrected chi connectivity index (χ1v) is 6.83. The van der Waals surface area contributed by atoms with Gasteiger partial charge in [0.05, 0.1) is 11.4 Å². The highest BCUT2D eigenvalue weighted by Gasteiger charge is 2.22. The average Bonchev–Trinajstić information content (AvgIpc) is 2.40. The standard InChI is InChI=1S/C15H25N3O2/c1-5-15(2,8-9-19)17-13-10-11(6-7-12(13)16)14(20)18(3)4/h6-7,10,17,19H,5,8-9,16H2,1-4H3. The highest BCUT2D eigenvalue weighted by molar-refractivity contribution is 5.96. The summed E-state index contributed by atoms with van der Waals surface area (Å²) in [4.78, 5) is 13.5. The van der Waals surface area contributed by atoms with Crippen LogP contribution in [0.5, 0.6) is 0 Å². The van der Waals surface area contributed by atoms with E-state index in [9.17, 15) is 4.79 Å². The first kappa shape index (κ1) is 16.3. The molecular formula is C15H25N3O2. The molecule has 1 aromatic rings. The minimum atomic E-state index is -0.247. The number of rotatable bonds is 6. The second kappa shape index (κ2) is 6.61. The summed E-state index contributed by atoms with van der Waals surface area (Å²) in [6.45, 7) is 4.18. The van der Waals surface area contributed by atoms with Crippen molar-refractivity contribution < 1.29 is 9.90 Å². The molecule has 0 spiro atoms. The minimum absolute atomic E-state index is 0.0617. The third-order valence-electron chi connectivity index (χ3n) is 3.59. The highest BCUT2D eigenvalue weighted by atomic mass is 16.3. The number of hydrogen-bond acceptors (Lipinski definition) is 4. The summed E-state index contributed by atoms with van der Waals surface area (Å²) in [5.74, 6) is -0.0617. The Labute approximate surface area is 120 Å². The van der Waals surface area contributed by atoms with Gasteiger partial charge in [0.2, 0.25) is 0 Å². The molecule has 1 rings (SSSR count). The SMILES string of the molecule is CCC(C)(CCO)Nc1cc(C(=O)N(C)C)ccc1N. The number of nitrogens with two attached hydrogens (primary N) is 1. The zero-order chi connectivity index (χ0) is 15.3. The van der Waals surface area contributed by atoms with Crippen LogP contribution < -0.4 is 11.1 Å². The molecule has 0 bridgehead atoms. The number of aliphatic hydroxyl groups is 1. The van der Waals surface area contributed by atoms with Crippen molar-refractivity contribution in [3.63, 3.8) is 0 Å². The molecule has 20 heavy (non-hydrogen) atoms. The smallest absolute Gasteiger partial charge is 0.253 e. The molecule has 1 amide bonds. The predicted molar refractivity (Wildman–Crippen MR) is 82.9 cm³/mol. The number of anilines is 2. The van der Waals surface area contributed by atoms with E-state index in [4.69, 9.17) is 10.8 Å². The Bertz CT molecular complexity index is 474. The number of carbonyl (C=O) groups is 1. The zero-order valence-corrected chi connectivity index (χ0v) is 12.7. The van der Waals surface area contributed by atoms with Crippen molar-refractivity contribution in [1.82, 2.24) is 4.90 Å². The maximum Gasteiger partial charge on any atom is 0.253 e. The van der Waals surface area contributed by atoms with Gasteiger partial charge in [-0.25, -0.2) is 0 Å². The van der Waals surface area contributed by atoms with Gasteiger partial charge in [-0.2, -0.15) is 0 Å². The summed E-state index contributed by atoms with van der Waals surface area (Å²) < 4.78 is 0. The van der Waals surface area contributed by atoms with E-state index in [1.54, 1.807) is 32.3 Å². The molecule has 0 radical (unpaired) electrons. The van der Waals surface area contributed by atoms with Crippen molar-refractivity contribution in [2.24, 2.45) is 0 Å². The zero-order valence-electron chi connectivity index (χ0n) is 12.7. The van der Waals surface area contributed by atoms with Crippen molar-refractivity contribution in [3.05, 3.63) is 23.8 Å². The molecule has 0 saturated heterocycles. The lowest BCUT2D eigenvalue weighted by Gasteiger charge is -2.31. The molecule has 1 atom stereocenters. The van der Waals surface area contributed by atoms with Crippen molar-refractivity contribution >= 4 is 17.3 Å². The van der Waals surface area contributed by atoms with Gasteiger partial charge in [0.1, 0.15) is 0 Å². The largest absolute Gasteiger partial charge is 0.397 e. The van der Waals surface area contributed by atoms with E-state index in [0.717, 1.165) is 12.1 Å². The summed E-state index contributed by atoms with van der Waals surface area (Å²) in [6.07, 6.45) is 1.47. The van der Waals surface area contributed by atoms with Crippen LogP contribution in [0, 0.1) is 0 Å². The van der Waals surface area contributed by atoms with Gasteiger partial charge in [0.15, 0.2) is 0 Å². The molecule has 0 saturated carbocycles. The van der Waals surface area contributed by atoms with E-state index < -0.39 is 0 Å². The number of hydrogen-bond donors (Lipinski definition) is 3. The molecular weight excluding hydrogens is 254 g/mol. The third-order valence-corrected chi connectivity index (χ3v) is 3.59. The van der Waals surface area contributed by atoms with Gasteiger partial charge >= 0.3 is 0 Å². The number of aliphatic hydroxyl groups excluding tert-OH is 1. The lowest BCUT2D eigenvalue weighted by atomic mass is 9.94. The Kier molecular flexibility index (Phi) is 5.39. The van der Waals surface area contributed by atoms with E-state index in [-0.39, 0.29) is 18.1 Å². The maximum absolute atomic E-state index is 12.0. The molecule has 0 fully saturated rings. The number of nitrogens with zero attached hydrogens (tertiary/aromatic N) is 1. The van der Waals surface area contributed by atoms with Gasteiger partial charge in [-0.05, 0) is 38.0 Å². The fourth-order valence-electron chi connectivity index (χ4n) is 1.96. The minimum Gasteiger partial charge on any atom is -0.397 e. The number of nitrogens with one attached hydrogen (secondary N) is 1. The highest BCUT2D eigenvalue weighted by Crippen LogP contribution is 2.27. The molecule has 4 N–H and O–H groups in total. The van der Waals surface area contributed by atoms with Gasteiger partial charge in [-0.1, -0.05) is 6.92 Å². The van der Waals surface area contributed by atoms with Crippen LogP contribution in [0.1, 0.15) is 37.0 Å². The lowest BCUT2D eigenvalue weighted by Crippen LogP contribution is -2.35. The number of nitrogen functional groups attached to an aromatic ring is 1. The molecule has 0 aromatic heterocycles. The molecule has 0 aliphatic carbocycles.